The lowest BCUT2D eigenvalue weighted by atomic mass is 9.87. The minimum Gasteiger partial charge on any atom is -0.454 e. The van der Waals surface area contributed by atoms with Gasteiger partial charge in [0.05, 0.1) is 11.3 Å². The van der Waals surface area contributed by atoms with Crippen LogP contribution in [0.2, 0.25) is 0 Å². The highest BCUT2D eigenvalue weighted by Crippen LogP contribution is 2.44. The Morgan fingerprint density at radius 1 is 1.40 bits per heavy atom. The molecule has 2 aliphatic rings. The average Bonchev–Trinajstić information content (AvgIpc) is 2.86. The van der Waals surface area contributed by atoms with Crippen LogP contribution in [0.25, 0.3) is 0 Å². The van der Waals surface area contributed by atoms with Crippen LogP contribution in [0.4, 0.5) is 5.69 Å². The minimum atomic E-state index is -0.407. The molecule has 0 atom stereocenters. The van der Waals surface area contributed by atoms with Gasteiger partial charge in [-0.1, -0.05) is 5.16 Å². The number of hydrogen-bond donors (Lipinski definition) is 2. The van der Waals surface area contributed by atoms with Crippen LogP contribution in [0.5, 0.6) is 11.5 Å². The largest absolute Gasteiger partial charge is 0.454 e. The lowest BCUT2D eigenvalue weighted by Gasteiger charge is -2.20. The van der Waals surface area contributed by atoms with Crippen LogP contribution in [-0.2, 0) is 11.2 Å². The molecule has 1 aliphatic heterocycles. The summed E-state index contributed by atoms with van der Waals surface area (Å²) >= 11 is 0. The minimum absolute atomic E-state index is 0.0722. The Morgan fingerprint density at radius 2 is 2.20 bits per heavy atom. The van der Waals surface area contributed by atoms with Gasteiger partial charge in [0.1, 0.15) is 5.71 Å². The summed E-state index contributed by atoms with van der Waals surface area (Å²) in [5.41, 5.74) is 1.41. The van der Waals surface area contributed by atoms with Crippen molar-refractivity contribution >= 4 is 23.1 Å². The zero-order valence-corrected chi connectivity index (χ0v) is 10.7. The molecule has 1 aromatic carbocycles. The highest BCUT2D eigenvalue weighted by Gasteiger charge is 2.33. The van der Waals surface area contributed by atoms with Gasteiger partial charge in [0, 0.05) is 25.0 Å². The zero-order chi connectivity index (χ0) is 14.3. The number of nitrogens with zero attached hydrogens (tertiary/aromatic N) is 1. The van der Waals surface area contributed by atoms with E-state index in [0.29, 0.717) is 41.2 Å². The molecular weight excluding hydrogens is 264 g/mol. The molecule has 0 aromatic heterocycles. The van der Waals surface area contributed by atoms with Crippen LogP contribution < -0.4 is 14.8 Å². The smallest absolute Gasteiger partial charge is 0.231 e. The van der Waals surface area contributed by atoms with Crippen LogP contribution in [0, 0.1) is 0 Å². The fraction of sp³-hybridized carbons (Fsp3) is 0.308. The van der Waals surface area contributed by atoms with E-state index in [1.807, 2.05) is 0 Å². The SMILES string of the molecule is CC(=O)Nc1cc2c(c3c1C(=O)/C(=N\O)CC3)OCO2. The van der Waals surface area contributed by atoms with Crippen LogP contribution in [0.15, 0.2) is 11.2 Å². The summed E-state index contributed by atoms with van der Waals surface area (Å²) in [5.74, 6) is 0.326. The highest BCUT2D eigenvalue weighted by atomic mass is 16.7. The number of ketones is 1. The van der Waals surface area contributed by atoms with E-state index in [9.17, 15) is 9.59 Å². The Hall–Kier alpha value is -2.57. The Balaban J connectivity index is 2.21. The van der Waals surface area contributed by atoms with E-state index in [4.69, 9.17) is 14.7 Å². The summed E-state index contributed by atoms with van der Waals surface area (Å²) in [6.45, 7) is 1.44. The van der Waals surface area contributed by atoms with Crippen LogP contribution in [-0.4, -0.2) is 29.4 Å². The molecule has 20 heavy (non-hydrogen) atoms. The molecule has 0 fully saturated rings. The summed E-state index contributed by atoms with van der Waals surface area (Å²) in [6.07, 6.45) is 0.807. The fourth-order valence-corrected chi connectivity index (χ4v) is 2.49. The van der Waals surface area contributed by atoms with Crippen molar-refractivity contribution in [3.8, 4) is 11.5 Å². The van der Waals surface area contributed by atoms with Gasteiger partial charge in [-0.25, -0.2) is 0 Å². The van der Waals surface area contributed by atoms with Crippen molar-refractivity contribution in [1.82, 2.24) is 0 Å². The normalized spacial score (nSPS) is 18.1. The third kappa shape index (κ3) is 1.78. The lowest BCUT2D eigenvalue weighted by molar-refractivity contribution is -0.114. The molecule has 0 spiro atoms. The zero-order valence-electron chi connectivity index (χ0n) is 10.7. The van der Waals surface area contributed by atoms with E-state index < -0.39 is 5.78 Å². The van der Waals surface area contributed by atoms with Gasteiger partial charge in [0.2, 0.25) is 18.5 Å². The molecule has 0 bridgehead atoms. The molecule has 0 radical (unpaired) electrons. The standard InChI is InChI=1S/C13H12N2O5/c1-6(16)14-9-4-10-13(20-5-19-10)7-2-3-8(15-18)12(17)11(7)9/h4,18H,2-3,5H2,1H3,(H,14,16)/b15-8-. The summed E-state index contributed by atoms with van der Waals surface area (Å²) in [7, 11) is 0. The third-order valence-electron chi connectivity index (χ3n) is 3.29. The van der Waals surface area contributed by atoms with Gasteiger partial charge in [-0.3, -0.25) is 9.59 Å². The highest BCUT2D eigenvalue weighted by molar-refractivity contribution is 6.48. The molecule has 0 unspecified atom stereocenters. The van der Waals surface area contributed by atoms with Crippen LogP contribution >= 0.6 is 0 Å². The van der Waals surface area contributed by atoms with Crippen LogP contribution in [0.3, 0.4) is 0 Å². The van der Waals surface area contributed by atoms with Crippen LogP contribution in [0.1, 0.15) is 29.3 Å². The number of benzene rings is 1. The first kappa shape index (κ1) is 12.5. The number of Topliss-reactive ketones (excluding diaryl/α,β-unsaturated/α-hetero) is 1. The molecule has 2 N–H and O–H groups in total. The molecule has 1 amide bonds. The second kappa shape index (κ2) is 4.52. The predicted molar refractivity (Wildman–Crippen MR) is 68.7 cm³/mol. The van der Waals surface area contributed by atoms with Crippen molar-refractivity contribution in [2.75, 3.05) is 12.1 Å². The molecule has 7 nitrogen and oxygen atoms in total. The number of carbonyl (C=O) groups excluding carboxylic acids is 2. The first-order valence-corrected chi connectivity index (χ1v) is 6.10. The number of fused-ring (bicyclic) bond motifs is 3. The Bertz CT molecular complexity index is 651. The van der Waals surface area contributed by atoms with E-state index in [2.05, 4.69) is 10.5 Å². The third-order valence-corrected chi connectivity index (χ3v) is 3.29. The summed E-state index contributed by atoms with van der Waals surface area (Å²) in [4.78, 5) is 23.6. The number of oxime groups is 1. The van der Waals surface area contributed by atoms with Gasteiger partial charge in [-0.2, -0.15) is 0 Å². The van der Waals surface area contributed by atoms with Crippen molar-refractivity contribution in [2.45, 2.75) is 19.8 Å². The molecular formula is C13H12N2O5. The van der Waals surface area contributed by atoms with E-state index in [-0.39, 0.29) is 18.4 Å². The quantitative estimate of drug-likeness (QED) is 0.595. The van der Waals surface area contributed by atoms with Crippen molar-refractivity contribution in [1.29, 1.82) is 0 Å². The topological polar surface area (TPSA) is 97.2 Å². The fourth-order valence-electron chi connectivity index (χ4n) is 2.49. The first-order chi connectivity index (χ1) is 9.61. The van der Waals surface area contributed by atoms with Gasteiger partial charge in [0.15, 0.2) is 11.5 Å². The second-order valence-corrected chi connectivity index (χ2v) is 4.57. The van der Waals surface area contributed by atoms with Gasteiger partial charge in [-0.15, -0.1) is 0 Å². The van der Waals surface area contributed by atoms with Crippen molar-refractivity contribution < 1.29 is 24.3 Å². The molecule has 3 rings (SSSR count). The summed E-state index contributed by atoms with van der Waals surface area (Å²) < 4.78 is 10.7. The van der Waals surface area contributed by atoms with E-state index >= 15 is 0 Å². The Morgan fingerprint density at radius 3 is 2.90 bits per heavy atom. The molecule has 0 saturated heterocycles. The maximum atomic E-state index is 12.3. The van der Waals surface area contributed by atoms with Gasteiger partial charge in [-0.05, 0) is 6.42 Å². The van der Waals surface area contributed by atoms with Gasteiger partial charge in [0.25, 0.3) is 0 Å². The molecule has 0 saturated carbocycles. The average molecular weight is 276 g/mol. The Labute approximate surface area is 114 Å². The number of hydrogen-bond acceptors (Lipinski definition) is 6. The Kier molecular flexibility index (Phi) is 2.81. The predicted octanol–water partition coefficient (Wildman–Crippen LogP) is 1.33. The van der Waals surface area contributed by atoms with Gasteiger partial charge >= 0.3 is 0 Å². The number of nitrogens with one attached hydrogen (secondary N) is 1. The van der Waals surface area contributed by atoms with Crippen molar-refractivity contribution in [2.24, 2.45) is 5.16 Å². The number of ether oxygens (including phenoxy) is 2. The molecule has 7 heteroatoms. The molecule has 1 aliphatic carbocycles. The van der Waals surface area contributed by atoms with Crippen molar-refractivity contribution in [3.63, 3.8) is 0 Å². The van der Waals surface area contributed by atoms with Crippen molar-refractivity contribution in [3.05, 3.63) is 17.2 Å². The summed E-state index contributed by atoms with van der Waals surface area (Å²) in [5, 5.41) is 14.5. The lowest BCUT2D eigenvalue weighted by Crippen LogP contribution is -2.25. The second-order valence-electron chi connectivity index (χ2n) is 4.57. The number of carbonyl (C=O) groups is 2. The monoisotopic (exact) mass is 276 g/mol. The number of amides is 1. The molecule has 1 aromatic rings. The maximum Gasteiger partial charge on any atom is 0.231 e. The van der Waals surface area contributed by atoms with E-state index in [1.54, 1.807) is 6.07 Å². The van der Waals surface area contributed by atoms with E-state index in [0.717, 1.165) is 0 Å². The maximum absolute atomic E-state index is 12.3. The first-order valence-electron chi connectivity index (χ1n) is 6.10. The van der Waals surface area contributed by atoms with Gasteiger partial charge < -0.3 is 20.0 Å². The molecule has 1 heterocycles. The molecule has 104 valence electrons. The number of anilines is 1. The van der Waals surface area contributed by atoms with E-state index in [1.165, 1.54) is 6.92 Å². The summed E-state index contributed by atoms with van der Waals surface area (Å²) in [6, 6.07) is 1.56. The number of rotatable bonds is 1.